The molecule has 1 heterocycles. The number of thiazole rings is 1. The summed E-state index contributed by atoms with van der Waals surface area (Å²) >= 11 is 1.36. The molecule has 5 nitrogen and oxygen atoms in total. The van der Waals surface area contributed by atoms with Crippen molar-refractivity contribution in [2.24, 2.45) is 0 Å². The van der Waals surface area contributed by atoms with Gasteiger partial charge in [0.15, 0.2) is 0 Å². The van der Waals surface area contributed by atoms with Gasteiger partial charge in [-0.2, -0.15) is 4.39 Å². The Kier molecular flexibility index (Phi) is 6.25. The molecule has 0 fully saturated rings. The zero-order chi connectivity index (χ0) is 18.4. The molecular weight excluding hydrogens is 343 g/mol. The maximum absolute atomic E-state index is 13.8. The molecule has 0 aliphatic heterocycles. The number of hydrogen-bond acceptors (Lipinski definition) is 5. The van der Waals surface area contributed by atoms with Crippen LogP contribution in [0.4, 0.5) is 9.18 Å². The molecule has 0 aliphatic rings. The second-order valence-corrected chi connectivity index (χ2v) is 7.32. The number of aromatic nitrogens is 1. The Morgan fingerprint density at radius 1 is 1.28 bits per heavy atom. The summed E-state index contributed by atoms with van der Waals surface area (Å²) in [6.45, 7) is 5.16. The predicted octanol–water partition coefficient (Wildman–Crippen LogP) is 3.99. The Bertz CT molecular complexity index is 699. The molecule has 2 aromatic rings. The van der Waals surface area contributed by atoms with E-state index in [1.54, 1.807) is 55.9 Å². The summed E-state index contributed by atoms with van der Waals surface area (Å²) in [4.78, 5) is 29.5. The van der Waals surface area contributed by atoms with E-state index in [9.17, 15) is 14.0 Å². The molecule has 0 N–H and O–H groups in total. The highest BCUT2D eigenvalue weighted by Gasteiger charge is 2.33. The van der Waals surface area contributed by atoms with Gasteiger partial charge in [-0.05, 0) is 26.3 Å². The van der Waals surface area contributed by atoms with E-state index in [1.165, 1.54) is 11.3 Å². The van der Waals surface area contributed by atoms with Crippen LogP contribution >= 0.6 is 11.3 Å². The standard InChI is InChI=1S/C18H21FN2O3S/c1-18(2,3)24-17(23)21(10-14-11-25-12-20-14)15(16(19)22)9-13-7-5-4-6-8-13/h4-8,11-12,15H,9-10H2,1-3H3. The SMILES string of the molecule is CC(C)(C)OC(=O)N(Cc1cscn1)C(Cc1ccccc1)C(=O)F. The zero-order valence-corrected chi connectivity index (χ0v) is 15.3. The van der Waals surface area contributed by atoms with Gasteiger partial charge in [-0.1, -0.05) is 30.3 Å². The first-order valence-corrected chi connectivity index (χ1v) is 8.80. The summed E-state index contributed by atoms with van der Waals surface area (Å²) in [6, 6.07) is 6.15. The van der Waals surface area contributed by atoms with Gasteiger partial charge in [-0.3, -0.25) is 9.69 Å². The number of carbonyl (C=O) groups excluding carboxylic acids is 2. The Morgan fingerprint density at radius 3 is 2.48 bits per heavy atom. The van der Waals surface area contributed by atoms with Gasteiger partial charge >= 0.3 is 12.1 Å². The van der Waals surface area contributed by atoms with Crippen molar-refractivity contribution < 1.29 is 18.7 Å². The van der Waals surface area contributed by atoms with Crippen molar-refractivity contribution in [3.63, 3.8) is 0 Å². The van der Waals surface area contributed by atoms with E-state index in [-0.39, 0.29) is 13.0 Å². The molecule has 7 heteroatoms. The Labute approximate surface area is 150 Å². The van der Waals surface area contributed by atoms with Crippen LogP contribution in [0.1, 0.15) is 32.0 Å². The predicted molar refractivity (Wildman–Crippen MR) is 93.9 cm³/mol. The lowest BCUT2D eigenvalue weighted by Crippen LogP contribution is -2.47. The largest absolute Gasteiger partial charge is 0.444 e. The minimum absolute atomic E-state index is 0.00553. The van der Waals surface area contributed by atoms with Crippen molar-refractivity contribution >= 4 is 23.5 Å². The summed E-state index contributed by atoms with van der Waals surface area (Å²) in [7, 11) is 0. The van der Waals surface area contributed by atoms with E-state index in [2.05, 4.69) is 4.98 Å². The fourth-order valence-corrected chi connectivity index (χ4v) is 2.81. The van der Waals surface area contributed by atoms with Crippen LogP contribution in [0, 0.1) is 0 Å². The summed E-state index contributed by atoms with van der Waals surface area (Å²) in [5.41, 5.74) is 2.20. The van der Waals surface area contributed by atoms with Gasteiger partial charge in [0.2, 0.25) is 0 Å². The molecule has 0 saturated heterocycles. The summed E-state index contributed by atoms with van der Waals surface area (Å²) in [6.07, 6.45) is -0.674. The van der Waals surface area contributed by atoms with Crippen LogP contribution in [-0.2, 0) is 22.5 Å². The summed E-state index contributed by atoms with van der Waals surface area (Å²) < 4.78 is 19.2. The van der Waals surface area contributed by atoms with Crippen LogP contribution in [0.5, 0.6) is 0 Å². The van der Waals surface area contributed by atoms with Crippen molar-refractivity contribution in [2.45, 2.75) is 45.4 Å². The van der Waals surface area contributed by atoms with Gasteiger partial charge in [0.1, 0.15) is 11.6 Å². The van der Waals surface area contributed by atoms with Gasteiger partial charge in [0.05, 0.1) is 17.7 Å². The molecule has 0 spiro atoms. The first-order valence-electron chi connectivity index (χ1n) is 7.86. The average Bonchev–Trinajstić information content (AvgIpc) is 3.03. The molecule has 134 valence electrons. The highest BCUT2D eigenvalue weighted by molar-refractivity contribution is 7.07. The first-order chi connectivity index (χ1) is 11.8. The average molecular weight is 364 g/mol. The third-order valence-electron chi connectivity index (χ3n) is 3.35. The monoisotopic (exact) mass is 364 g/mol. The molecule has 1 unspecified atom stereocenters. The van der Waals surface area contributed by atoms with Crippen LogP contribution < -0.4 is 0 Å². The number of rotatable bonds is 6. The number of halogens is 1. The fraction of sp³-hybridized carbons (Fsp3) is 0.389. The summed E-state index contributed by atoms with van der Waals surface area (Å²) in [5.74, 6) is 0. The van der Waals surface area contributed by atoms with Crippen molar-refractivity contribution in [3.05, 3.63) is 52.5 Å². The maximum Gasteiger partial charge on any atom is 0.411 e. The van der Waals surface area contributed by atoms with E-state index >= 15 is 0 Å². The van der Waals surface area contributed by atoms with E-state index in [0.717, 1.165) is 10.5 Å². The van der Waals surface area contributed by atoms with Gasteiger partial charge < -0.3 is 4.74 Å². The molecule has 1 aromatic carbocycles. The lowest BCUT2D eigenvalue weighted by molar-refractivity contribution is -0.135. The van der Waals surface area contributed by atoms with E-state index in [4.69, 9.17) is 4.74 Å². The molecule has 2 rings (SSSR count). The molecule has 0 bridgehead atoms. The van der Waals surface area contributed by atoms with Crippen LogP contribution in [0.3, 0.4) is 0 Å². The van der Waals surface area contributed by atoms with Gasteiger partial charge in [0, 0.05) is 11.8 Å². The Balaban J connectivity index is 2.28. The van der Waals surface area contributed by atoms with Crippen LogP contribution in [-0.4, -0.2) is 33.7 Å². The molecule has 0 aliphatic carbocycles. The minimum Gasteiger partial charge on any atom is -0.444 e. The quantitative estimate of drug-likeness (QED) is 0.727. The zero-order valence-electron chi connectivity index (χ0n) is 14.4. The van der Waals surface area contributed by atoms with Crippen LogP contribution in [0.2, 0.25) is 0 Å². The number of carbonyl (C=O) groups is 2. The third-order valence-corrected chi connectivity index (χ3v) is 3.99. The molecule has 0 radical (unpaired) electrons. The highest BCUT2D eigenvalue weighted by Crippen LogP contribution is 2.19. The molecule has 25 heavy (non-hydrogen) atoms. The van der Waals surface area contributed by atoms with Crippen molar-refractivity contribution in [3.8, 4) is 0 Å². The Morgan fingerprint density at radius 2 is 1.96 bits per heavy atom. The van der Waals surface area contributed by atoms with Crippen LogP contribution in [0.15, 0.2) is 41.2 Å². The van der Waals surface area contributed by atoms with E-state index < -0.39 is 23.8 Å². The second kappa shape index (κ2) is 8.20. The van der Waals surface area contributed by atoms with E-state index in [1.807, 2.05) is 6.07 Å². The van der Waals surface area contributed by atoms with Crippen molar-refractivity contribution in [1.29, 1.82) is 0 Å². The number of nitrogens with zero attached hydrogens (tertiary/aromatic N) is 2. The molecule has 1 aromatic heterocycles. The summed E-state index contributed by atoms with van der Waals surface area (Å²) in [5, 5.41) is 1.75. The maximum atomic E-state index is 13.8. The Hall–Kier alpha value is -2.28. The third kappa shape index (κ3) is 5.94. The first kappa shape index (κ1) is 19.1. The van der Waals surface area contributed by atoms with Crippen molar-refractivity contribution in [2.75, 3.05) is 0 Å². The number of benzene rings is 1. The van der Waals surface area contributed by atoms with Crippen molar-refractivity contribution in [1.82, 2.24) is 9.88 Å². The molecule has 0 saturated carbocycles. The minimum atomic E-state index is -1.58. The van der Waals surface area contributed by atoms with E-state index in [0.29, 0.717) is 5.69 Å². The highest BCUT2D eigenvalue weighted by atomic mass is 32.1. The smallest absolute Gasteiger partial charge is 0.411 e. The van der Waals surface area contributed by atoms with Crippen LogP contribution in [0.25, 0.3) is 0 Å². The second-order valence-electron chi connectivity index (χ2n) is 6.60. The number of ether oxygens (including phenoxy) is 1. The fourth-order valence-electron chi connectivity index (χ4n) is 2.26. The molecule has 1 atom stereocenters. The lowest BCUT2D eigenvalue weighted by atomic mass is 10.1. The topological polar surface area (TPSA) is 59.5 Å². The van der Waals surface area contributed by atoms with Gasteiger partial charge in [0.25, 0.3) is 0 Å². The van der Waals surface area contributed by atoms with Gasteiger partial charge in [-0.25, -0.2) is 9.78 Å². The normalized spacial score (nSPS) is 12.5. The molecular formula is C18H21FN2O3S. The van der Waals surface area contributed by atoms with Gasteiger partial charge in [-0.15, -0.1) is 11.3 Å². The number of amides is 1. The lowest BCUT2D eigenvalue weighted by Gasteiger charge is -2.31. The molecule has 1 amide bonds. The number of hydrogen-bond donors (Lipinski definition) is 0.